The van der Waals surface area contributed by atoms with Crippen molar-refractivity contribution in [3.05, 3.63) is 95.1 Å². The molecule has 0 aliphatic carbocycles. The molecule has 0 bridgehead atoms. The first-order valence-corrected chi connectivity index (χ1v) is 12.7. The number of anilines is 1. The number of nitrogens with zero attached hydrogens (tertiary/aromatic N) is 2. The van der Waals surface area contributed by atoms with Crippen molar-refractivity contribution in [3.63, 3.8) is 0 Å². The predicted octanol–water partition coefficient (Wildman–Crippen LogP) is 5.60. The van der Waals surface area contributed by atoms with E-state index in [0.717, 1.165) is 48.8 Å². The Labute approximate surface area is 208 Å². The molecule has 5 nitrogen and oxygen atoms in total. The SMILES string of the molecule is Cc1ccc(CC2CCN(CC3CC(c4ccc(N)c(OCc5ccccc5)c4)=NO3)CC2)cc1. The smallest absolute Gasteiger partial charge is 0.145 e. The zero-order valence-electron chi connectivity index (χ0n) is 20.5. The van der Waals surface area contributed by atoms with Gasteiger partial charge in [-0.1, -0.05) is 71.4 Å². The number of piperidine rings is 1. The third kappa shape index (κ3) is 6.23. The van der Waals surface area contributed by atoms with Gasteiger partial charge < -0.3 is 15.3 Å². The van der Waals surface area contributed by atoms with Crippen LogP contribution < -0.4 is 10.5 Å². The lowest BCUT2D eigenvalue weighted by Crippen LogP contribution is -2.39. The third-order valence-corrected chi connectivity index (χ3v) is 7.13. The molecule has 1 atom stereocenters. The van der Waals surface area contributed by atoms with E-state index in [0.29, 0.717) is 18.0 Å². The van der Waals surface area contributed by atoms with Crippen LogP contribution in [0.25, 0.3) is 0 Å². The Balaban J connectivity index is 1.10. The van der Waals surface area contributed by atoms with Crippen LogP contribution in [0.15, 0.2) is 78.0 Å². The fourth-order valence-corrected chi connectivity index (χ4v) is 4.99. The van der Waals surface area contributed by atoms with Gasteiger partial charge >= 0.3 is 0 Å². The largest absolute Gasteiger partial charge is 0.487 e. The zero-order valence-corrected chi connectivity index (χ0v) is 20.5. The molecule has 182 valence electrons. The van der Waals surface area contributed by atoms with Crippen LogP contribution in [0.4, 0.5) is 5.69 Å². The second-order valence-corrected chi connectivity index (χ2v) is 9.93. The van der Waals surface area contributed by atoms with E-state index in [1.807, 2.05) is 48.5 Å². The molecule has 5 heteroatoms. The summed E-state index contributed by atoms with van der Waals surface area (Å²) in [5.41, 5.74) is 12.7. The van der Waals surface area contributed by atoms with Gasteiger partial charge in [-0.3, -0.25) is 4.90 Å². The fraction of sp³-hybridized carbons (Fsp3) is 0.367. The molecule has 0 amide bonds. The van der Waals surface area contributed by atoms with E-state index in [4.69, 9.17) is 15.3 Å². The Morgan fingerprint density at radius 3 is 2.51 bits per heavy atom. The minimum absolute atomic E-state index is 0.102. The summed E-state index contributed by atoms with van der Waals surface area (Å²) < 4.78 is 6.00. The summed E-state index contributed by atoms with van der Waals surface area (Å²) in [5.74, 6) is 1.46. The van der Waals surface area contributed by atoms with Crippen molar-refractivity contribution in [3.8, 4) is 5.75 Å². The van der Waals surface area contributed by atoms with E-state index in [1.165, 1.54) is 30.4 Å². The lowest BCUT2D eigenvalue weighted by molar-refractivity contribution is 0.0419. The van der Waals surface area contributed by atoms with Crippen LogP contribution in [0.1, 0.15) is 41.5 Å². The van der Waals surface area contributed by atoms with Crippen LogP contribution in [0.2, 0.25) is 0 Å². The number of aryl methyl sites for hydroxylation is 1. The lowest BCUT2D eigenvalue weighted by Gasteiger charge is -2.33. The van der Waals surface area contributed by atoms with Crippen LogP contribution in [0.5, 0.6) is 5.75 Å². The van der Waals surface area contributed by atoms with E-state index in [1.54, 1.807) is 0 Å². The highest BCUT2D eigenvalue weighted by Gasteiger charge is 2.27. The minimum Gasteiger partial charge on any atom is -0.487 e. The first-order chi connectivity index (χ1) is 17.1. The van der Waals surface area contributed by atoms with Gasteiger partial charge in [-0.2, -0.15) is 0 Å². The summed E-state index contributed by atoms with van der Waals surface area (Å²) in [7, 11) is 0. The molecule has 5 rings (SSSR count). The fourth-order valence-electron chi connectivity index (χ4n) is 4.99. The van der Waals surface area contributed by atoms with Crippen LogP contribution in [0, 0.1) is 12.8 Å². The molecule has 0 saturated carbocycles. The molecule has 0 aromatic heterocycles. The predicted molar refractivity (Wildman–Crippen MR) is 142 cm³/mol. The minimum atomic E-state index is 0.102. The van der Waals surface area contributed by atoms with Gasteiger partial charge in [0.1, 0.15) is 18.5 Å². The van der Waals surface area contributed by atoms with Gasteiger partial charge in [0.05, 0.1) is 11.4 Å². The third-order valence-electron chi connectivity index (χ3n) is 7.13. The van der Waals surface area contributed by atoms with E-state index in [2.05, 4.69) is 41.2 Å². The van der Waals surface area contributed by atoms with Gasteiger partial charge in [0.25, 0.3) is 0 Å². The molecule has 1 unspecified atom stereocenters. The maximum atomic E-state index is 6.17. The van der Waals surface area contributed by atoms with Crippen LogP contribution in [-0.2, 0) is 17.9 Å². The second kappa shape index (κ2) is 11.0. The average Bonchev–Trinajstić information content (AvgIpc) is 3.35. The normalized spacial score (nSPS) is 18.8. The van der Waals surface area contributed by atoms with Crippen molar-refractivity contribution in [2.24, 2.45) is 11.1 Å². The molecular formula is C30H35N3O2. The molecule has 1 fully saturated rings. The Morgan fingerprint density at radius 2 is 1.74 bits per heavy atom. The maximum Gasteiger partial charge on any atom is 0.145 e. The number of ether oxygens (including phenoxy) is 1. The van der Waals surface area contributed by atoms with Crippen molar-refractivity contribution in [1.29, 1.82) is 0 Å². The molecule has 1 saturated heterocycles. The van der Waals surface area contributed by atoms with Gasteiger partial charge in [0.15, 0.2) is 0 Å². The molecule has 2 aliphatic rings. The average molecular weight is 470 g/mol. The zero-order chi connectivity index (χ0) is 24.0. The Hall–Kier alpha value is -3.31. The number of oxime groups is 1. The monoisotopic (exact) mass is 469 g/mol. The first-order valence-electron chi connectivity index (χ1n) is 12.7. The topological polar surface area (TPSA) is 60.1 Å². The van der Waals surface area contributed by atoms with E-state index < -0.39 is 0 Å². The number of nitrogens with two attached hydrogens (primary N) is 1. The van der Waals surface area contributed by atoms with Crippen molar-refractivity contribution in [1.82, 2.24) is 4.90 Å². The van der Waals surface area contributed by atoms with Gasteiger partial charge in [0, 0.05) is 18.5 Å². The molecule has 0 spiro atoms. The molecule has 35 heavy (non-hydrogen) atoms. The van der Waals surface area contributed by atoms with E-state index >= 15 is 0 Å². The quantitative estimate of drug-likeness (QED) is 0.436. The summed E-state index contributed by atoms with van der Waals surface area (Å²) in [5, 5.41) is 4.41. The summed E-state index contributed by atoms with van der Waals surface area (Å²) in [6.45, 7) is 5.82. The van der Waals surface area contributed by atoms with Crippen molar-refractivity contribution in [2.45, 2.75) is 45.3 Å². The first kappa shape index (κ1) is 23.4. The molecule has 2 aliphatic heterocycles. The van der Waals surface area contributed by atoms with Crippen LogP contribution in [-0.4, -0.2) is 36.3 Å². The number of benzene rings is 3. The Kier molecular flexibility index (Phi) is 7.34. The highest BCUT2D eigenvalue weighted by atomic mass is 16.6. The number of rotatable bonds is 8. The molecular weight excluding hydrogens is 434 g/mol. The number of nitrogen functional groups attached to an aromatic ring is 1. The standard InChI is InChI=1S/C30H35N3O2/c1-22-7-9-23(10-8-22)17-24-13-15-33(16-14-24)20-27-19-29(32-35-27)26-11-12-28(31)30(18-26)34-21-25-5-3-2-4-6-25/h2-12,18,24,27H,13-17,19-21,31H2,1H3. The van der Waals surface area contributed by atoms with Crippen molar-refractivity contribution < 1.29 is 9.57 Å². The van der Waals surface area contributed by atoms with E-state index in [9.17, 15) is 0 Å². The second-order valence-electron chi connectivity index (χ2n) is 9.93. The Morgan fingerprint density at radius 1 is 0.971 bits per heavy atom. The van der Waals surface area contributed by atoms with Crippen molar-refractivity contribution in [2.75, 3.05) is 25.4 Å². The van der Waals surface area contributed by atoms with Crippen molar-refractivity contribution >= 4 is 11.4 Å². The van der Waals surface area contributed by atoms with Crippen LogP contribution >= 0.6 is 0 Å². The Bertz CT molecular complexity index is 1140. The highest BCUT2D eigenvalue weighted by Crippen LogP contribution is 2.28. The maximum absolute atomic E-state index is 6.17. The molecule has 2 heterocycles. The molecule has 2 N–H and O–H groups in total. The summed E-state index contributed by atoms with van der Waals surface area (Å²) in [4.78, 5) is 8.36. The lowest BCUT2D eigenvalue weighted by atomic mass is 9.89. The van der Waals surface area contributed by atoms with Gasteiger partial charge in [-0.05, 0) is 68.5 Å². The van der Waals surface area contributed by atoms with Gasteiger partial charge in [0.2, 0.25) is 0 Å². The van der Waals surface area contributed by atoms with Gasteiger partial charge in [-0.25, -0.2) is 0 Å². The number of hydrogen-bond donors (Lipinski definition) is 1. The number of likely N-dealkylation sites (tertiary alicyclic amines) is 1. The summed E-state index contributed by atoms with van der Waals surface area (Å²) in [6.07, 6.45) is 4.59. The summed E-state index contributed by atoms with van der Waals surface area (Å²) in [6, 6.07) is 25.0. The van der Waals surface area contributed by atoms with Crippen LogP contribution in [0.3, 0.4) is 0 Å². The molecule has 3 aromatic carbocycles. The highest BCUT2D eigenvalue weighted by molar-refractivity contribution is 6.02. The summed E-state index contributed by atoms with van der Waals surface area (Å²) >= 11 is 0. The number of hydrogen-bond acceptors (Lipinski definition) is 5. The van der Waals surface area contributed by atoms with E-state index in [-0.39, 0.29) is 6.10 Å². The molecule has 3 aromatic rings. The molecule has 0 radical (unpaired) electrons. The van der Waals surface area contributed by atoms with Gasteiger partial charge in [-0.15, -0.1) is 0 Å².